The minimum atomic E-state index is 0.202. The molecular formula is C13H14N6. The van der Waals surface area contributed by atoms with E-state index in [1.54, 1.807) is 6.33 Å². The number of fused-ring (bicyclic) bond motifs is 1. The Morgan fingerprint density at radius 1 is 1.16 bits per heavy atom. The SMILES string of the molecule is Cc1cccc(C)c1Nc1nc(N)nc2nc[nH]c12. The Labute approximate surface area is 110 Å². The second-order valence-electron chi connectivity index (χ2n) is 4.42. The Balaban J connectivity index is 2.13. The van der Waals surface area contributed by atoms with Gasteiger partial charge in [-0.25, -0.2) is 4.98 Å². The molecule has 2 aromatic heterocycles. The van der Waals surface area contributed by atoms with E-state index < -0.39 is 0 Å². The molecule has 3 rings (SSSR count). The van der Waals surface area contributed by atoms with Crippen LogP contribution in [0.2, 0.25) is 0 Å². The van der Waals surface area contributed by atoms with Crippen LogP contribution in [0.4, 0.5) is 17.5 Å². The lowest BCUT2D eigenvalue weighted by Gasteiger charge is -2.12. The molecule has 0 radical (unpaired) electrons. The summed E-state index contributed by atoms with van der Waals surface area (Å²) in [6, 6.07) is 6.12. The van der Waals surface area contributed by atoms with E-state index >= 15 is 0 Å². The molecule has 6 nitrogen and oxygen atoms in total. The molecule has 0 saturated heterocycles. The molecular weight excluding hydrogens is 240 g/mol. The number of para-hydroxylation sites is 1. The van der Waals surface area contributed by atoms with Crippen LogP contribution >= 0.6 is 0 Å². The zero-order valence-corrected chi connectivity index (χ0v) is 10.7. The molecule has 0 amide bonds. The Morgan fingerprint density at radius 3 is 2.63 bits per heavy atom. The van der Waals surface area contributed by atoms with Gasteiger partial charge in [-0.2, -0.15) is 9.97 Å². The molecule has 0 fully saturated rings. The first-order valence-electron chi connectivity index (χ1n) is 5.95. The van der Waals surface area contributed by atoms with Crippen LogP contribution in [0.5, 0.6) is 0 Å². The Kier molecular flexibility index (Phi) is 2.56. The van der Waals surface area contributed by atoms with E-state index in [0.29, 0.717) is 11.5 Å². The average Bonchev–Trinajstić information content (AvgIpc) is 2.81. The number of imidazole rings is 1. The van der Waals surface area contributed by atoms with E-state index in [1.165, 1.54) is 0 Å². The zero-order valence-electron chi connectivity index (χ0n) is 10.7. The summed E-state index contributed by atoms with van der Waals surface area (Å²) in [5.74, 6) is 0.839. The van der Waals surface area contributed by atoms with Crippen LogP contribution in [0.3, 0.4) is 0 Å². The number of rotatable bonds is 2. The van der Waals surface area contributed by atoms with Crippen molar-refractivity contribution in [1.29, 1.82) is 0 Å². The minimum Gasteiger partial charge on any atom is -0.368 e. The lowest BCUT2D eigenvalue weighted by molar-refractivity contribution is 1.21. The molecule has 2 heterocycles. The molecule has 0 aliphatic rings. The third kappa shape index (κ3) is 1.97. The van der Waals surface area contributed by atoms with Gasteiger partial charge in [-0.3, -0.25) is 0 Å². The fourth-order valence-electron chi connectivity index (χ4n) is 2.07. The fraction of sp³-hybridized carbons (Fsp3) is 0.154. The van der Waals surface area contributed by atoms with Crippen molar-refractivity contribution in [3.8, 4) is 0 Å². The van der Waals surface area contributed by atoms with Gasteiger partial charge in [-0.15, -0.1) is 0 Å². The lowest BCUT2D eigenvalue weighted by Crippen LogP contribution is -2.03. The van der Waals surface area contributed by atoms with E-state index in [2.05, 4.69) is 25.3 Å². The third-order valence-electron chi connectivity index (χ3n) is 3.03. The number of benzene rings is 1. The maximum absolute atomic E-state index is 5.70. The summed E-state index contributed by atoms with van der Waals surface area (Å²) >= 11 is 0. The standard InChI is InChI=1S/C13H14N6/c1-7-4-3-5-8(2)9(7)17-12-10-11(16-6-15-10)18-13(14)19-12/h3-6H,1-2H3,(H4,14,15,16,17,18,19). The van der Waals surface area contributed by atoms with Crippen molar-refractivity contribution in [3.05, 3.63) is 35.7 Å². The highest BCUT2D eigenvalue weighted by atomic mass is 15.1. The number of hydrogen-bond acceptors (Lipinski definition) is 5. The molecule has 0 unspecified atom stereocenters. The molecule has 0 aliphatic carbocycles. The number of aromatic amines is 1. The van der Waals surface area contributed by atoms with Gasteiger partial charge in [-0.05, 0) is 25.0 Å². The van der Waals surface area contributed by atoms with Crippen molar-refractivity contribution in [2.45, 2.75) is 13.8 Å². The van der Waals surface area contributed by atoms with Crippen LogP contribution in [0.1, 0.15) is 11.1 Å². The van der Waals surface area contributed by atoms with Crippen molar-refractivity contribution in [2.75, 3.05) is 11.1 Å². The summed E-state index contributed by atoms with van der Waals surface area (Å²) in [7, 11) is 0. The largest absolute Gasteiger partial charge is 0.368 e. The number of H-pyrrole nitrogens is 1. The zero-order chi connectivity index (χ0) is 13.4. The van der Waals surface area contributed by atoms with Crippen molar-refractivity contribution >= 4 is 28.6 Å². The van der Waals surface area contributed by atoms with Crippen LogP contribution in [-0.4, -0.2) is 19.9 Å². The van der Waals surface area contributed by atoms with E-state index in [1.807, 2.05) is 32.0 Å². The second-order valence-corrected chi connectivity index (χ2v) is 4.42. The molecule has 0 aliphatic heterocycles. The van der Waals surface area contributed by atoms with E-state index in [0.717, 1.165) is 22.3 Å². The minimum absolute atomic E-state index is 0.202. The molecule has 4 N–H and O–H groups in total. The maximum atomic E-state index is 5.70. The van der Waals surface area contributed by atoms with Gasteiger partial charge in [0.05, 0.1) is 6.33 Å². The fourth-order valence-corrected chi connectivity index (χ4v) is 2.07. The van der Waals surface area contributed by atoms with E-state index in [-0.39, 0.29) is 5.95 Å². The van der Waals surface area contributed by atoms with Crippen LogP contribution < -0.4 is 11.1 Å². The van der Waals surface area contributed by atoms with Crippen molar-refractivity contribution < 1.29 is 0 Å². The normalized spacial score (nSPS) is 10.8. The number of aryl methyl sites for hydroxylation is 2. The summed E-state index contributed by atoms with van der Waals surface area (Å²) < 4.78 is 0. The van der Waals surface area contributed by atoms with Crippen LogP contribution in [0.25, 0.3) is 11.2 Å². The van der Waals surface area contributed by atoms with Crippen LogP contribution in [0, 0.1) is 13.8 Å². The monoisotopic (exact) mass is 254 g/mol. The first-order valence-corrected chi connectivity index (χ1v) is 5.95. The van der Waals surface area contributed by atoms with Crippen molar-refractivity contribution in [2.24, 2.45) is 0 Å². The highest BCUT2D eigenvalue weighted by Crippen LogP contribution is 2.26. The molecule has 0 saturated carbocycles. The molecule has 3 aromatic rings. The van der Waals surface area contributed by atoms with Gasteiger partial charge in [0, 0.05) is 5.69 Å². The van der Waals surface area contributed by atoms with Crippen LogP contribution in [0.15, 0.2) is 24.5 Å². The summed E-state index contributed by atoms with van der Waals surface area (Å²) in [6.07, 6.45) is 1.58. The number of nitrogen functional groups attached to an aromatic ring is 1. The smallest absolute Gasteiger partial charge is 0.224 e. The predicted molar refractivity (Wildman–Crippen MR) is 75.3 cm³/mol. The molecule has 0 atom stereocenters. The number of nitrogens with zero attached hydrogens (tertiary/aromatic N) is 3. The number of aromatic nitrogens is 4. The number of hydrogen-bond donors (Lipinski definition) is 3. The van der Waals surface area contributed by atoms with Gasteiger partial charge < -0.3 is 16.0 Å². The first-order chi connectivity index (χ1) is 9.15. The van der Waals surface area contributed by atoms with Gasteiger partial charge in [0.1, 0.15) is 5.52 Å². The second kappa shape index (κ2) is 4.24. The maximum Gasteiger partial charge on any atom is 0.224 e. The molecule has 0 bridgehead atoms. The van der Waals surface area contributed by atoms with Gasteiger partial charge >= 0.3 is 0 Å². The molecule has 0 spiro atoms. The number of nitrogens with two attached hydrogens (primary N) is 1. The molecule has 19 heavy (non-hydrogen) atoms. The molecule has 6 heteroatoms. The van der Waals surface area contributed by atoms with Gasteiger partial charge in [0.2, 0.25) is 5.95 Å². The quantitative estimate of drug-likeness (QED) is 0.652. The van der Waals surface area contributed by atoms with Crippen molar-refractivity contribution in [1.82, 2.24) is 19.9 Å². The van der Waals surface area contributed by atoms with E-state index in [9.17, 15) is 0 Å². The number of anilines is 3. The van der Waals surface area contributed by atoms with Gasteiger partial charge in [-0.1, -0.05) is 18.2 Å². The Morgan fingerprint density at radius 2 is 1.89 bits per heavy atom. The number of nitrogens with one attached hydrogen (secondary N) is 2. The lowest BCUT2D eigenvalue weighted by atomic mass is 10.1. The average molecular weight is 254 g/mol. The Hall–Kier alpha value is -2.63. The Bertz CT molecular complexity index is 726. The highest BCUT2D eigenvalue weighted by molar-refractivity contribution is 5.86. The van der Waals surface area contributed by atoms with Gasteiger partial charge in [0.15, 0.2) is 11.5 Å². The van der Waals surface area contributed by atoms with Crippen molar-refractivity contribution in [3.63, 3.8) is 0 Å². The summed E-state index contributed by atoms with van der Waals surface area (Å²) in [4.78, 5) is 15.4. The van der Waals surface area contributed by atoms with Gasteiger partial charge in [0.25, 0.3) is 0 Å². The highest BCUT2D eigenvalue weighted by Gasteiger charge is 2.10. The summed E-state index contributed by atoms with van der Waals surface area (Å²) in [5, 5.41) is 3.31. The van der Waals surface area contributed by atoms with E-state index in [4.69, 9.17) is 5.73 Å². The summed E-state index contributed by atoms with van der Waals surface area (Å²) in [6.45, 7) is 4.09. The topological polar surface area (TPSA) is 92.5 Å². The predicted octanol–water partition coefficient (Wildman–Crippen LogP) is 2.30. The molecule has 96 valence electrons. The summed E-state index contributed by atoms with van der Waals surface area (Å²) in [5.41, 5.74) is 10.3. The third-order valence-corrected chi connectivity index (χ3v) is 3.03. The molecule has 1 aromatic carbocycles. The first kappa shape index (κ1) is 11.5. The van der Waals surface area contributed by atoms with Crippen LogP contribution in [-0.2, 0) is 0 Å².